The van der Waals surface area contributed by atoms with Gasteiger partial charge >= 0.3 is 5.97 Å². The Morgan fingerprint density at radius 3 is 0.871 bits per heavy atom. The van der Waals surface area contributed by atoms with Gasteiger partial charge in [0.2, 0.25) is 0 Å². The van der Waals surface area contributed by atoms with Crippen LogP contribution in [0.2, 0.25) is 0 Å². The van der Waals surface area contributed by atoms with Crippen molar-refractivity contribution >= 4 is 11.8 Å². The predicted octanol–water partition coefficient (Wildman–Crippen LogP) is 22.4. The minimum Gasteiger partial charge on any atom is -0.465 e. The molecule has 0 spiro atoms. The minimum atomic E-state index is 0.102. The molecule has 0 saturated heterocycles. The Morgan fingerprint density at radius 1 is 0.286 bits per heavy atom. The van der Waals surface area contributed by atoms with E-state index in [1.807, 2.05) is 0 Å². The van der Waals surface area contributed by atoms with Gasteiger partial charge in [-0.15, -0.1) is 0 Å². The maximum absolute atomic E-state index is 13.6. The van der Waals surface area contributed by atoms with E-state index in [0.29, 0.717) is 18.3 Å². The Hall–Kier alpha value is -0.900. The molecule has 0 saturated carbocycles. The highest BCUT2D eigenvalue weighted by atomic mass is 16.5. The standard InChI is InChI=1S/C66H131NO3/c1-6-11-16-20-24-28-30-34-38-46-55-63(54-45-37-32-26-22-18-13-8-3)65(68)58-49-41-36-42-51-60-67(59-50-15-10-5)61-52-43-44-53-62-70-66(69)64(56-47-39-33-27-23-19-14-9-4)57-48-40-35-31-29-25-21-17-12-7-2/h63-64H,6-62H2,1-5H3. The van der Waals surface area contributed by atoms with Crippen LogP contribution in [-0.4, -0.2) is 42.9 Å². The molecule has 0 fully saturated rings. The molecule has 0 radical (unpaired) electrons. The van der Waals surface area contributed by atoms with Gasteiger partial charge in [0.05, 0.1) is 12.5 Å². The fraction of sp³-hybridized carbons (Fsp3) is 0.970. The van der Waals surface area contributed by atoms with Crippen LogP contribution in [0.25, 0.3) is 0 Å². The van der Waals surface area contributed by atoms with Gasteiger partial charge in [0, 0.05) is 12.3 Å². The normalized spacial score (nSPS) is 12.6. The highest BCUT2D eigenvalue weighted by molar-refractivity contribution is 5.80. The fourth-order valence-electron chi connectivity index (χ4n) is 11.0. The summed E-state index contributed by atoms with van der Waals surface area (Å²) in [5, 5.41) is 0. The largest absolute Gasteiger partial charge is 0.465 e. The molecule has 0 aliphatic carbocycles. The van der Waals surface area contributed by atoms with E-state index in [0.717, 1.165) is 51.4 Å². The number of ether oxygens (including phenoxy) is 1. The molecular formula is C66H131NO3. The summed E-state index contributed by atoms with van der Waals surface area (Å²) in [6.07, 6.45) is 68.5. The second-order valence-corrected chi connectivity index (χ2v) is 23.0. The predicted molar refractivity (Wildman–Crippen MR) is 312 cm³/mol. The Kier molecular flexibility index (Phi) is 58.2. The van der Waals surface area contributed by atoms with Crippen LogP contribution in [0.15, 0.2) is 0 Å². The first kappa shape index (κ1) is 69.1. The summed E-state index contributed by atoms with van der Waals surface area (Å²) >= 11 is 0. The Morgan fingerprint density at radius 2 is 0.529 bits per heavy atom. The van der Waals surface area contributed by atoms with E-state index in [-0.39, 0.29) is 11.9 Å². The Labute approximate surface area is 442 Å². The van der Waals surface area contributed by atoms with Crippen molar-refractivity contribution in [2.24, 2.45) is 11.8 Å². The highest BCUT2D eigenvalue weighted by Crippen LogP contribution is 2.25. The van der Waals surface area contributed by atoms with Crippen LogP contribution in [0.4, 0.5) is 0 Å². The minimum absolute atomic E-state index is 0.102. The maximum atomic E-state index is 13.6. The van der Waals surface area contributed by atoms with E-state index >= 15 is 0 Å². The number of hydrogen-bond donors (Lipinski definition) is 0. The molecule has 418 valence electrons. The van der Waals surface area contributed by atoms with Crippen LogP contribution in [0, 0.1) is 11.8 Å². The van der Waals surface area contributed by atoms with Crippen molar-refractivity contribution in [3.8, 4) is 0 Å². The molecule has 0 N–H and O–H groups in total. The summed E-state index contributed by atoms with van der Waals surface area (Å²) in [4.78, 5) is 29.7. The van der Waals surface area contributed by atoms with Gasteiger partial charge in [0.25, 0.3) is 0 Å². The molecule has 2 atom stereocenters. The van der Waals surface area contributed by atoms with Crippen LogP contribution in [0.3, 0.4) is 0 Å². The lowest BCUT2D eigenvalue weighted by Gasteiger charge is -2.22. The number of esters is 1. The summed E-state index contributed by atoms with van der Waals surface area (Å²) in [6, 6.07) is 0. The fourth-order valence-corrected chi connectivity index (χ4v) is 11.0. The molecule has 0 aromatic rings. The van der Waals surface area contributed by atoms with Crippen molar-refractivity contribution < 1.29 is 14.3 Å². The van der Waals surface area contributed by atoms with Gasteiger partial charge in [-0.2, -0.15) is 0 Å². The van der Waals surface area contributed by atoms with Crippen LogP contribution in [0.5, 0.6) is 0 Å². The van der Waals surface area contributed by atoms with Gasteiger partial charge in [-0.1, -0.05) is 311 Å². The van der Waals surface area contributed by atoms with E-state index in [1.54, 1.807) is 0 Å². The first-order valence-corrected chi connectivity index (χ1v) is 32.9. The van der Waals surface area contributed by atoms with E-state index in [1.165, 1.54) is 309 Å². The lowest BCUT2D eigenvalue weighted by Crippen LogP contribution is -2.27. The average molecular weight is 987 g/mol. The van der Waals surface area contributed by atoms with Crippen molar-refractivity contribution in [2.75, 3.05) is 26.2 Å². The quantitative estimate of drug-likeness (QED) is 0.0450. The summed E-state index contributed by atoms with van der Waals surface area (Å²) in [7, 11) is 0. The average Bonchev–Trinajstić information content (AvgIpc) is 3.36. The van der Waals surface area contributed by atoms with Crippen LogP contribution in [0.1, 0.15) is 375 Å². The first-order valence-electron chi connectivity index (χ1n) is 32.9. The summed E-state index contributed by atoms with van der Waals surface area (Å²) < 4.78 is 5.99. The van der Waals surface area contributed by atoms with Crippen LogP contribution >= 0.6 is 0 Å². The molecule has 0 bridgehead atoms. The van der Waals surface area contributed by atoms with Crippen molar-refractivity contribution in [3.05, 3.63) is 0 Å². The molecule has 0 rings (SSSR count). The van der Waals surface area contributed by atoms with E-state index in [4.69, 9.17) is 4.74 Å². The monoisotopic (exact) mass is 986 g/mol. The molecule has 70 heavy (non-hydrogen) atoms. The van der Waals surface area contributed by atoms with Gasteiger partial charge in [-0.3, -0.25) is 9.59 Å². The number of Topliss-reactive ketones (excluding diaryl/α,β-unsaturated/α-hetero) is 1. The van der Waals surface area contributed by atoms with Crippen molar-refractivity contribution in [2.45, 2.75) is 375 Å². The number of unbranched alkanes of at least 4 members (excludes halogenated alkanes) is 41. The molecule has 0 aliphatic rings. The number of carbonyl (C=O) groups excluding carboxylic acids is 2. The number of nitrogens with zero attached hydrogens (tertiary/aromatic N) is 1. The highest BCUT2D eigenvalue weighted by Gasteiger charge is 2.20. The molecule has 2 unspecified atom stereocenters. The van der Waals surface area contributed by atoms with E-state index < -0.39 is 0 Å². The molecule has 0 aliphatic heterocycles. The third-order valence-corrected chi connectivity index (χ3v) is 16.0. The molecule has 0 heterocycles. The second-order valence-electron chi connectivity index (χ2n) is 23.0. The summed E-state index contributed by atoms with van der Waals surface area (Å²) in [5.74, 6) is 1.13. The topological polar surface area (TPSA) is 46.6 Å². The smallest absolute Gasteiger partial charge is 0.308 e. The van der Waals surface area contributed by atoms with Gasteiger partial charge in [0.1, 0.15) is 5.78 Å². The number of carbonyl (C=O) groups is 2. The van der Waals surface area contributed by atoms with E-state index in [2.05, 4.69) is 39.5 Å². The SMILES string of the molecule is CCCCCCCCCCCCC(CCCCCCCCCC)C(=O)CCCCCCCN(CCCCC)CCCCCCOC(=O)C(CCCCCCCCCC)CCCCCCCCCCCC. The lowest BCUT2D eigenvalue weighted by molar-refractivity contribution is -0.149. The van der Waals surface area contributed by atoms with E-state index in [9.17, 15) is 9.59 Å². The summed E-state index contributed by atoms with van der Waals surface area (Å²) in [5.41, 5.74) is 0. The number of ketones is 1. The molecular weight excluding hydrogens is 855 g/mol. The van der Waals surface area contributed by atoms with Gasteiger partial charge < -0.3 is 9.64 Å². The zero-order chi connectivity index (χ0) is 50.9. The van der Waals surface area contributed by atoms with Crippen molar-refractivity contribution in [1.29, 1.82) is 0 Å². The van der Waals surface area contributed by atoms with Crippen LogP contribution in [-0.2, 0) is 14.3 Å². The molecule has 0 aromatic heterocycles. The molecule has 0 amide bonds. The Balaban J connectivity index is 4.58. The molecule has 4 heteroatoms. The van der Waals surface area contributed by atoms with Crippen molar-refractivity contribution in [1.82, 2.24) is 4.90 Å². The second kappa shape index (κ2) is 59.0. The number of rotatable bonds is 61. The Bertz CT molecular complexity index is 939. The van der Waals surface area contributed by atoms with Crippen LogP contribution < -0.4 is 0 Å². The lowest BCUT2D eigenvalue weighted by atomic mass is 9.88. The zero-order valence-corrected chi connectivity index (χ0v) is 49.1. The maximum Gasteiger partial charge on any atom is 0.308 e. The van der Waals surface area contributed by atoms with Crippen molar-refractivity contribution in [3.63, 3.8) is 0 Å². The number of hydrogen-bond acceptors (Lipinski definition) is 4. The molecule has 0 aromatic carbocycles. The zero-order valence-electron chi connectivity index (χ0n) is 49.1. The third-order valence-electron chi connectivity index (χ3n) is 16.0. The first-order chi connectivity index (χ1) is 34.5. The third kappa shape index (κ3) is 50.6. The molecule has 4 nitrogen and oxygen atoms in total. The summed E-state index contributed by atoms with van der Waals surface area (Å²) in [6.45, 7) is 15.8. The van der Waals surface area contributed by atoms with Gasteiger partial charge in [0.15, 0.2) is 0 Å². The van der Waals surface area contributed by atoms with Gasteiger partial charge in [-0.05, 0) is 77.4 Å². The van der Waals surface area contributed by atoms with Gasteiger partial charge in [-0.25, -0.2) is 0 Å².